The van der Waals surface area contributed by atoms with Gasteiger partial charge in [-0.15, -0.1) is 0 Å². The Kier molecular flexibility index (Phi) is 5.04. The van der Waals surface area contributed by atoms with Crippen molar-refractivity contribution in [2.45, 2.75) is 57.8 Å². The Hall–Kier alpha value is -2.15. The Balaban J connectivity index is 1.72. The summed E-state index contributed by atoms with van der Waals surface area (Å²) in [6, 6.07) is 0.865. The van der Waals surface area contributed by atoms with E-state index in [0.717, 1.165) is 49.6 Å². The smallest absolute Gasteiger partial charge is 0.242 e. The van der Waals surface area contributed by atoms with Gasteiger partial charge in [0, 0.05) is 25.2 Å². The van der Waals surface area contributed by atoms with Gasteiger partial charge in [0.2, 0.25) is 5.91 Å². The molecule has 1 fully saturated rings. The maximum Gasteiger partial charge on any atom is 0.242 e. The molecule has 3 aliphatic heterocycles. The molecule has 4 rings (SSSR count). The van der Waals surface area contributed by atoms with Crippen molar-refractivity contribution in [1.29, 1.82) is 0 Å². The minimum absolute atomic E-state index is 0.189. The number of nitrogens with zero attached hydrogens (tertiary/aromatic N) is 5. The highest BCUT2D eigenvalue weighted by Gasteiger charge is 2.34. The van der Waals surface area contributed by atoms with E-state index in [9.17, 15) is 4.79 Å². The Morgan fingerprint density at radius 1 is 1.04 bits per heavy atom. The minimum atomic E-state index is 0.189. The number of hydrogen-bond donors (Lipinski definition) is 1. The summed E-state index contributed by atoms with van der Waals surface area (Å²) in [5, 5.41) is 3.45. The zero-order valence-corrected chi connectivity index (χ0v) is 16.6. The first-order valence-corrected chi connectivity index (χ1v) is 10.1. The van der Waals surface area contributed by atoms with Crippen molar-refractivity contribution in [3.8, 4) is 0 Å². The van der Waals surface area contributed by atoms with Gasteiger partial charge in [-0.25, -0.2) is 9.97 Å². The molecule has 1 aromatic rings. The highest BCUT2D eigenvalue weighted by atomic mass is 16.2. The lowest BCUT2D eigenvalue weighted by Crippen LogP contribution is -2.43. The maximum atomic E-state index is 13.1. The molecule has 1 saturated heterocycles. The summed E-state index contributed by atoms with van der Waals surface area (Å²) in [6.45, 7) is 7.35. The van der Waals surface area contributed by atoms with Gasteiger partial charge in [-0.1, -0.05) is 12.2 Å². The lowest BCUT2D eigenvalue weighted by atomic mass is 10.1. The quantitative estimate of drug-likeness (QED) is 0.797. The summed E-state index contributed by atoms with van der Waals surface area (Å²) in [7, 11) is 1.96. The van der Waals surface area contributed by atoms with Gasteiger partial charge in [0.15, 0.2) is 0 Å². The van der Waals surface area contributed by atoms with Gasteiger partial charge in [0.25, 0.3) is 0 Å². The van der Waals surface area contributed by atoms with Crippen molar-refractivity contribution in [3.63, 3.8) is 0 Å². The van der Waals surface area contributed by atoms with Crippen LogP contribution in [0.15, 0.2) is 18.5 Å². The zero-order chi connectivity index (χ0) is 19.0. The molecule has 7 nitrogen and oxygen atoms in total. The van der Waals surface area contributed by atoms with E-state index in [2.05, 4.69) is 51.1 Å². The third-order valence-corrected chi connectivity index (χ3v) is 6.06. The molecule has 3 aliphatic rings. The summed E-state index contributed by atoms with van der Waals surface area (Å²) in [6.07, 6.45) is 9.25. The van der Waals surface area contributed by atoms with Crippen molar-refractivity contribution in [1.82, 2.24) is 20.2 Å². The van der Waals surface area contributed by atoms with Gasteiger partial charge < -0.3 is 20.0 Å². The van der Waals surface area contributed by atoms with Crippen LogP contribution in [0.3, 0.4) is 0 Å². The van der Waals surface area contributed by atoms with Crippen molar-refractivity contribution in [2.24, 2.45) is 0 Å². The van der Waals surface area contributed by atoms with E-state index >= 15 is 0 Å². The van der Waals surface area contributed by atoms with Crippen LogP contribution in [-0.4, -0.2) is 65.6 Å². The van der Waals surface area contributed by atoms with E-state index in [1.807, 2.05) is 11.9 Å². The van der Waals surface area contributed by atoms with Crippen LogP contribution in [0.2, 0.25) is 0 Å². The number of likely N-dealkylation sites (N-methyl/N-ethyl adjacent to an activating group) is 1. The predicted octanol–water partition coefficient (Wildman–Crippen LogP) is 1.55. The summed E-state index contributed by atoms with van der Waals surface area (Å²) >= 11 is 0. The normalized spacial score (nSPS) is 28.9. The molecule has 1 aromatic heterocycles. The topological polar surface area (TPSA) is 64.6 Å². The van der Waals surface area contributed by atoms with Gasteiger partial charge >= 0.3 is 0 Å². The Morgan fingerprint density at radius 3 is 2.56 bits per heavy atom. The lowest BCUT2D eigenvalue weighted by molar-refractivity contribution is -0.132. The van der Waals surface area contributed by atoms with Crippen LogP contribution in [0.1, 0.15) is 38.7 Å². The molecular weight excluding hydrogens is 340 g/mol. The van der Waals surface area contributed by atoms with E-state index in [-0.39, 0.29) is 11.9 Å². The molecule has 0 saturated carbocycles. The van der Waals surface area contributed by atoms with Gasteiger partial charge in [-0.2, -0.15) is 0 Å². The largest absolute Gasteiger partial charge is 0.350 e. The second kappa shape index (κ2) is 7.46. The first-order chi connectivity index (χ1) is 13.1. The zero-order valence-electron chi connectivity index (χ0n) is 16.6. The van der Waals surface area contributed by atoms with Crippen molar-refractivity contribution < 1.29 is 4.79 Å². The molecule has 4 heterocycles. The SMILES string of the molecule is CC1C=CC(C)N1c1ncnc2c1CN(C1CCCNCC1)C(=O)CN2C. The predicted molar refractivity (Wildman–Crippen MR) is 107 cm³/mol. The van der Waals surface area contributed by atoms with E-state index in [1.54, 1.807) is 6.33 Å². The van der Waals surface area contributed by atoms with Crippen molar-refractivity contribution >= 4 is 17.5 Å². The van der Waals surface area contributed by atoms with Crippen LogP contribution in [0.4, 0.5) is 11.6 Å². The van der Waals surface area contributed by atoms with E-state index in [1.165, 1.54) is 0 Å². The second-order valence-corrected chi connectivity index (χ2v) is 7.99. The summed E-state index contributed by atoms with van der Waals surface area (Å²) in [5.74, 6) is 2.03. The molecule has 1 N–H and O–H groups in total. The Morgan fingerprint density at radius 2 is 1.78 bits per heavy atom. The molecule has 0 aliphatic carbocycles. The first kappa shape index (κ1) is 18.2. The molecule has 0 spiro atoms. The number of anilines is 2. The van der Waals surface area contributed by atoms with Crippen LogP contribution >= 0.6 is 0 Å². The number of amides is 1. The van der Waals surface area contributed by atoms with Crippen LogP contribution in [-0.2, 0) is 11.3 Å². The average Bonchev–Trinajstić information content (AvgIpc) is 2.84. The molecule has 7 heteroatoms. The molecule has 3 atom stereocenters. The summed E-state index contributed by atoms with van der Waals surface area (Å²) < 4.78 is 0. The fourth-order valence-corrected chi connectivity index (χ4v) is 4.62. The third kappa shape index (κ3) is 3.40. The van der Waals surface area contributed by atoms with Crippen LogP contribution < -0.4 is 15.1 Å². The number of aromatic nitrogens is 2. The van der Waals surface area contributed by atoms with Crippen LogP contribution in [0.5, 0.6) is 0 Å². The molecule has 27 heavy (non-hydrogen) atoms. The summed E-state index contributed by atoms with van der Waals surface area (Å²) in [4.78, 5) is 28.7. The van der Waals surface area contributed by atoms with Gasteiger partial charge in [0.1, 0.15) is 18.0 Å². The Bertz CT molecular complexity index is 715. The standard InChI is InChI=1S/C20H30N6O/c1-14-6-7-15(2)26(14)20-17-11-25(16-5-4-9-21-10-8-16)18(27)12-24(3)19(17)22-13-23-20/h6-7,13-16,21H,4-5,8-12H2,1-3H3. The molecule has 1 amide bonds. The van der Waals surface area contributed by atoms with E-state index in [4.69, 9.17) is 0 Å². The Labute approximate surface area is 161 Å². The fourth-order valence-electron chi connectivity index (χ4n) is 4.62. The average molecular weight is 371 g/mol. The van der Waals surface area contributed by atoms with Crippen molar-refractivity contribution in [3.05, 3.63) is 24.0 Å². The maximum absolute atomic E-state index is 13.1. The number of carbonyl (C=O) groups excluding carboxylic acids is 1. The number of rotatable bonds is 2. The van der Waals surface area contributed by atoms with E-state index in [0.29, 0.717) is 25.2 Å². The minimum Gasteiger partial charge on any atom is -0.350 e. The molecule has 0 aromatic carbocycles. The third-order valence-electron chi connectivity index (χ3n) is 6.06. The number of hydrogen-bond acceptors (Lipinski definition) is 6. The van der Waals surface area contributed by atoms with E-state index < -0.39 is 0 Å². The number of fused-ring (bicyclic) bond motifs is 1. The van der Waals surface area contributed by atoms with Crippen molar-refractivity contribution in [2.75, 3.05) is 36.5 Å². The molecular formula is C20H30N6O. The summed E-state index contributed by atoms with van der Waals surface area (Å²) in [5.41, 5.74) is 1.07. The van der Waals surface area contributed by atoms with Crippen LogP contribution in [0, 0.1) is 0 Å². The fraction of sp³-hybridized carbons (Fsp3) is 0.650. The number of carbonyl (C=O) groups is 1. The highest BCUT2D eigenvalue weighted by molar-refractivity contribution is 5.84. The molecule has 3 unspecified atom stereocenters. The highest BCUT2D eigenvalue weighted by Crippen LogP contribution is 2.34. The number of nitrogens with one attached hydrogen (secondary N) is 1. The molecule has 146 valence electrons. The lowest BCUT2D eigenvalue weighted by Gasteiger charge is -2.33. The molecule has 0 radical (unpaired) electrons. The first-order valence-electron chi connectivity index (χ1n) is 10.1. The molecule has 0 bridgehead atoms. The second-order valence-electron chi connectivity index (χ2n) is 7.99. The van der Waals surface area contributed by atoms with Gasteiger partial charge in [0.05, 0.1) is 18.7 Å². The monoisotopic (exact) mass is 370 g/mol. The van der Waals surface area contributed by atoms with Gasteiger partial charge in [-0.3, -0.25) is 4.79 Å². The van der Waals surface area contributed by atoms with Crippen LogP contribution in [0.25, 0.3) is 0 Å². The van der Waals surface area contributed by atoms with Gasteiger partial charge in [-0.05, 0) is 46.2 Å².